The van der Waals surface area contributed by atoms with E-state index in [9.17, 15) is 4.79 Å². The number of H-pyrrole nitrogens is 1. The summed E-state index contributed by atoms with van der Waals surface area (Å²) in [6.07, 6.45) is 1.92. The van der Waals surface area contributed by atoms with Gasteiger partial charge in [-0.25, -0.2) is 0 Å². The lowest BCUT2D eigenvalue weighted by molar-refractivity contribution is 1.25. The van der Waals surface area contributed by atoms with E-state index in [1.54, 1.807) is 0 Å². The van der Waals surface area contributed by atoms with Crippen LogP contribution in [0.1, 0.15) is 0 Å². The van der Waals surface area contributed by atoms with E-state index in [2.05, 4.69) is 17.1 Å². The van der Waals surface area contributed by atoms with Gasteiger partial charge in [-0.15, -0.1) is 0 Å². The normalized spacial score (nSPS) is 11.6. The molecule has 0 radical (unpaired) electrons. The predicted molar refractivity (Wildman–Crippen MR) is 73.0 cm³/mol. The maximum absolute atomic E-state index is 12.1. The second-order valence-corrected chi connectivity index (χ2v) is 4.40. The van der Waals surface area contributed by atoms with Crippen molar-refractivity contribution in [3.63, 3.8) is 0 Å². The Morgan fingerprint density at radius 2 is 1.67 bits per heavy atom. The lowest BCUT2D eigenvalue weighted by Gasteiger charge is -2.01. The molecular weight excluding hydrogens is 224 g/mol. The van der Waals surface area contributed by atoms with Crippen LogP contribution in [0, 0.1) is 0 Å². The minimum atomic E-state index is -0.0660. The van der Waals surface area contributed by atoms with Crippen LogP contribution in [0.5, 0.6) is 0 Å². The number of hydrogen-bond acceptors (Lipinski definition) is 1. The Morgan fingerprint density at radius 1 is 0.889 bits per heavy atom. The fourth-order valence-corrected chi connectivity index (χ4v) is 2.59. The average molecular weight is 234 g/mol. The molecule has 0 saturated heterocycles. The Balaban J connectivity index is 2.54. The van der Waals surface area contributed by atoms with Crippen LogP contribution < -0.4 is 5.56 Å². The summed E-state index contributed by atoms with van der Waals surface area (Å²) in [4.78, 5) is 15.1. The molecule has 2 aromatic carbocycles. The fourth-order valence-electron chi connectivity index (χ4n) is 2.59. The van der Waals surface area contributed by atoms with Crippen LogP contribution >= 0.6 is 0 Å². The van der Waals surface area contributed by atoms with Crippen LogP contribution in [-0.2, 0) is 0 Å². The van der Waals surface area contributed by atoms with Gasteiger partial charge in [0.1, 0.15) is 5.52 Å². The highest BCUT2D eigenvalue weighted by Crippen LogP contribution is 2.24. The SMILES string of the molecule is O=c1[nH]c2cccc3cccc(c32)n2cccc12. The summed E-state index contributed by atoms with van der Waals surface area (Å²) in [5.41, 5.74) is 2.51. The molecule has 3 heteroatoms. The van der Waals surface area contributed by atoms with E-state index in [1.807, 2.05) is 47.0 Å². The van der Waals surface area contributed by atoms with Crippen molar-refractivity contribution in [3.05, 3.63) is 65.1 Å². The number of nitrogens with zero attached hydrogens (tertiary/aromatic N) is 1. The Kier molecular flexibility index (Phi) is 1.70. The number of benzene rings is 2. The molecular formula is C15H10N2O. The van der Waals surface area contributed by atoms with Gasteiger partial charge in [0.2, 0.25) is 0 Å². The first kappa shape index (κ1) is 9.48. The minimum Gasteiger partial charge on any atom is -0.320 e. The first-order valence-electron chi connectivity index (χ1n) is 5.85. The summed E-state index contributed by atoms with van der Waals surface area (Å²) in [6.45, 7) is 0. The molecule has 0 saturated carbocycles. The summed E-state index contributed by atoms with van der Waals surface area (Å²) in [5, 5.41) is 2.22. The molecule has 2 heterocycles. The maximum atomic E-state index is 12.1. The van der Waals surface area contributed by atoms with Crippen LogP contribution in [-0.4, -0.2) is 9.38 Å². The molecule has 0 aliphatic rings. The van der Waals surface area contributed by atoms with E-state index in [0.29, 0.717) is 5.52 Å². The highest BCUT2D eigenvalue weighted by molar-refractivity contribution is 6.07. The van der Waals surface area contributed by atoms with Crippen LogP contribution in [0.4, 0.5) is 0 Å². The Labute approximate surface area is 102 Å². The predicted octanol–water partition coefficient (Wildman–Crippen LogP) is 2.93. The molecule has 0 bridgehead atoms. The molecule has 86 valence electrons. The number of hydrogen-bond donors (Lipinski definition) is 1. The third kappa shape index (κ3) is 1.10. The van der Waals surface area contributed by atoms with E-state index >= 15 is 0 Å². The number of aromatic nitrogens is 2. The molecule has 0 spiro atoms. The maximum Gasteiger partial charge on any atom is 0.272 e. The van der Waals surface area contributed by atoms with Crippen molar-refractivity contribution in [3.8, 4) is 0 Å². The van der Waals surface area contributed by atoms with E-state index in [4.69, 9.17) is 0 Å². The van der Waals surface area contributed by atoms with Gasteiger partial charge in [-0.2, -0.15) is 0 Å². The number of rotatable bonds is 0. The number of nitrogens with one attached hydrogen (secondary N) is 1. The van der Waals surface area contributed by atoms with Gasteiger partial charge in [0.05, 0.1) is 11.0 Å². The van der Waals surface area contributed by atoms with Gasteiger partial charge in [-0.1, -0.05) is 24.3 Å². The minimum absolute atomic E-state index is 0.0660. The van der Waals surface area contributed by atoms with Crippen LogP contribution in [0.25, 0.3) is 27.3 Å². The van der Waals surface area contributed by atoms with E-state index in [1.165, 1.54) is 0 Å². The standard InChI is InChI=1S/C15H10N2O/c18-15-13-8-3-9-17(13)12-7-2-5-10-4-1-6-11(16-15)14(10)12/h1-9H,(H,16,18). The van der Waals surface area contributed by atoms with E-state index in [0.717, 1.165) is 21.8 Å². The van der Waals surface area contributed by atoms with Crippen LogP contribution in [0.15, 0.2) is 59.5 Å². The molecule has 0 fully saturated rings. The molecule has 4 rings (SSSR count). The van der Waals surface area contributed by atoms with Gasteiger partial charge in [0, 0.05) is 11.6 Å². The van der Waals surface area contributed by atoms with Crippen molar-refractivity contribution in [1.82, 2.24) is 9.38 Å². The van der Waals surface area contributed by atoms with Gasteiger partial charge in [-0.3, -0.25) is 4.79 Å². The van der Waals surface area contributed by atoms with Gasteiger partial charge in [-0.05, 0) is 29.7 Å². The quantitative estimate of drug-likeness (QED) is 0.499. The Hall–Kier alpha value is -2.55. The van der Waals surface area contributed by atoms with Crippen molar-refractivity contribution >= 4 is 27.3 Å². The van der Waals surface area contributed by atoms with Gasteiger partial charge in [0.25, 0.3) is 5.56 Å². The molecule has 4 aromatic rings. The van der Waals surface area contributed by atoms with E-state index < -0.39 is 0 Å². The lowest BCUT2D eigenvalue weighted by atomic mass is 10.1. The monoisotopic (exact) mass is 234 g/mol. The zero-order valence-electron chi connectivity index (χ0n) is 9.55. The van der Waals surface area contributed by atoms with E-state index in [-0.39, 0.29) is 5.56 Å². The highest BCUT2D eigenvalue weighted by atomic mass is 16.1. The second-order valence-electron chi connectivity index (χ2n) is 4.40. The van der Waals surface area contributed by atoms with Gasteiger partial charge in [0.15, 0.2) is 0 Å². The summed E-state index contributed by atoms with van der Waals surface area (Å²) in [7, 11) is 0. The Morgan fingerprint density at radius 3 is 2.56 bits per heavy atom. The van der Waals surface area contributed by atoms with Crippen molar-refractivity contribution in [2.24, 2.45) is 0 Å². The summed E-state index contributed by atoms with van der Waals surface area (Å²) in [5.74, 6) is 0. The summed E-state index contributed by atoms with van der Waals surface area (Å²) >= 11 is 0. The zero-order chi connectivity index (χ0) is 12.1. The molecule has 0 aliphatic heterocycles. The van der Waals surface area contributed by atoms with Crippen molar-refractivity contribution in [1.29, 1.82) is 0 Å². The molecule has 0 aliphatic carbocycles. The van der Waals surface area contributed by atoms with Crippen LogP contribution in [0.2, 0.25) is 0 Å². The first-order chi connectivity index (χ1) is 8.84. The topological polar surface area (TPSA) is 37.3 Å². The number of fused-ring (bicyclic) bond motifs is 2. The molecule has 0 unspecified atom stereocenters. The molecule has 1 N–H and O–H groups in total. The lowest BCUT2D eigenvalue weighted by Crippen LogP contribution is -2.02. The summed E-state index contributed by atoms with van der Waals surface area (Å²) in [6, 6.07) is 15.8. The van der Waals surface area contributed by atoms with Crippen molar-refractivity contribution in [2.45, 2.75) is 0 Å². The first-order valence-corrected chi connectivity index (χ1v) is 5.85. The van der Waals surface area contributed by atoms with Gasteiger partial charge >= 0.3 is 0 Å². The number of aromatic amines is 1. The second kappa shape index (κ2) is 3.23. The summed E-state index contributed by atoms with van der Waals surface area (Å²) < 4.78 is 1.94. The third-order valence-corrected chi connectivity index (χ3v) is 3.37. The van der Waals surface area contributed by atoms with Crippen molar-refractivity contribution in [2.75, 3.05) is 0 Å². The zero-order valence-corrected chi connectivity index (χ0v) is 9.55. The van der Waals surface area contributed by atoms with Gasteiger partial charge < -0.3 is 9.38 Å². The molecule has 0 amide bonds. The molecule has 3 nitrogen and oxygen atoms in total. The highest BCUT2D eigenvalue weighted by Gasteiger charge is 2.06. The smallest absolute Gasteiger partial charge is 0.272 e. The average Bonchev–Trinajstić information content (AvgIpc) is 2.83. The van der Waals surface area contributed by atoms with Crippen LogP contribution in [0.3, 0.4) is 0 Å². The largest absolute Gasteiger partial charge is 0.320 e. The fraction of sp³-hybridized carbons (Fsp3) is 0. The molecule has 18 heavy (non-hydrogen) atoms. The Bertz CT molecular complexity index is 942. The molecule has 0 atom stereocenters. The molecule has 2 aromatic heterocycles. The van der Waals surface area contributed by atoms with Crippen molar-refractivity contribution < 1.29 is 0 Å². The third-order valence-electron chi connectivity index (χ3n) is 3.37.